The highest BCUT2D eigenvalue weighted by Crippen LogP contribution is 2.43. The minimum Gasteiger partial charge on any atom is -0.309 e. The van der Waals surface area contributed by atoms with Gasteiger partial charge in [0, 0.05) is 32.9 Å². The summed E-state index contributed by atoms with van der Waals surface area (Å²) in [7, 11) is 0. The Hall–Kier alpha value is -7.42. The average Bonchev–Trinajstić information content (AvgIpc) is 3.88. The second-order valence-corrected chi connectivity index (χ2v) is 17.4. The molecule has 11 aromatic rings. The molecule has 0 atom stereocenters. The Balaban J connectivity index is 1.00. The van der Waals surface area contributed by atoms with E-state index in [9.17, 15) is 0 Å². The van der Waals surface area contributed by atoms with Crippen LogP contribution in [0.3, 0.4) is 0 Å². The molecule has 2 heterocycles. The van der Waals surface area contributed by atoms with Crippen LogP contribution in [0.25, 0.3) is 99.5 Å². The number of benzene rings is 9. The molecule has 0 aliphatic heterocycles. The predicted octanol–water partition coefficient (Wildman–Crippen LogP) is 17.2. The van der Waals surface area contributed by atoms with Crippen molar-refractivity contribution in [1.82, 2.24) is 9.13 Å². The second-order valence-electron chi connectivity index (χ2n) is 17.4. The van der Waals surface area contributed by atoms with Crippen LogP contribution >= 0.6 is 0 Å². The normalized spacial score (nSPS) is 11.7. The van der Waals surface area contributed by atoms with E-state index in [0.717, 1.165) is 24.2 Å². The number of aromatic nitrogens is 2. The molecule has 0 fully saturated rings. The second kappa shape index (κ2) is 17.0. The van der Waals surface area contributed by atoms with Crippen LogP contribution in [0.2, 0.25) is 0 Å². The van der Waals surface area contributed by atoms with E-state index in [1.165, 1.54) is 125 Å². The van der Waals surface area contributed by atoms with Crippen molar-refractivity contribution in [3.8, 4) is 55.9 Å². The SMILES string of the molecule is CCCCc1ccc(-c2ccc(-c3cccc(-n4c5ccccc5c5c6c7ccccc7n(-c7ccc(-c8cc(CCCC)ccc8-c8ccccc8)cc7)c6ccc54)c3)cc2)cc1. The zero-order valence-electron chi connectivity index (χ0n) is 36.8. The number of hydrogen-bond donors (Lipinski definition) is 0. The van der Waals surface area contributed by atoms with E-state index >= 15 is 0 Å². The molecule has 0 saturated carbocycles. The Morgan fingerprint density at radius 2 is 0.797 bits per heavy atom. The van der Waals surface area contributed by atoms with Gasteiger partial charge in [0.1, 0.15) is 0 Å². The van der Waals surface area contributed by atoms with Gasteiger partial charge in [-0.1, -0.05) is 184 Å². The Bertz CT molecular complexity index is 3420. The lowest BCUT2D eigenvalue weighted by atomic mass is 9.91. The molecule has 2 heteroatoms. The third-order valence-corrected chi connectivity index (χ3v) is 13.3. The summed E-state index contributed by atoms with van der Waals surface area (Å²) >= 11 is 0. The summed E-state index contributed by atoms with van der Waals surface area (Å²) < 4.78 is 4.92. The molecule has 9 aromatic carbocycles. The quantitative estimate of drug-likeness (QED) is 0.116. The summed E-state index contributed by atoms with van der Waals surface area (Å²) in [4.78, 5) is 0. The molecule has 2 aromatic heterocycles. The van der Waals surface area contributed by atoms with Gasteiger partial charge in [-0.3, -0.25) is 0 Å². The fourth-order valence-corrected chi connectivity index (χ4v) is 10.0. The highest BCUT2D eigenvalue weighted by Gasteiger charge is 2.21. The number of para-hydroxylation sites is 2. The molecule has 0 bridgehead atoms. The molecule has 0 N–H and O–H groups in total. The molecule has 0 amide bonds. The van der Waals surface area contributed by atoms with Gasteiger partial charge in [0.05, 0.1) is 22.1 Å². The topological polar surface area (TPSA) is 9.86 Å². The number of nitrogens with zero attached hydrogens (tertiary/aromatic N) is 2. The van der Waals surface area contributed by atoms with Gasteiger partial charge in [-0.05, 0) is 130 Å². The van der Waals surface area contributed by atoms with Crippen molar-refractivity contribution in [2.45, 2.75) is 52.4 Å². The maximum Gasteiger partial charge on any atom is 0.0548 e. The fraction of sp³-hybridized carbons (Fsp3) is 0.129. The molecule has 0 aliphatic carbocycles. The molecule has 64 heavy (non-hydrogen) atoms. The summed E-state index contributed by atoms with van der Waals surface area (Å²) in [5.74, 6) is 0. The van der Waals surface area contributed by atoms with Gasteiger partial charge in [0.25, 0.3) is 0 Å². The number of unbranched alkanes of at least 4 members (excludes halogenated alkanes) is 2. The zero-order chi connectivity index (χ0) is 43.0. The molecule has 11 rings (SSSR count). The van der Waals surface area contributed by atoms with Crippen LogP contribution in [-0.2, 0) is 12.8 Å². The first-order valence-corrected chi connectivity index (χ1v) is 23.2. The third-order valence-electron chi connectivity index (χ3n) is 13.3. The van der Waals surface area contributed by atoms with Crippen LogP contribution < -0.4 is 0 Å². The van der Waals surface area contributed by atoms with Crippen LogP contribution in [0, 0.1) is 0 Å². The van der Waals surface area contributed by atoms with Crippen molar-refractivity contribution in [3.63, 3.8) is 0 Å². The molecule has 0 radical (unpaired) electrons. The lowest BCUT2D eigenvalue weighted by Gasteiger charge is -2.14. The van der Waals surface area contributed by atoms with Crippen molar-refractivity contribution >= 4 is 43.6 Å². The van der Waals surface area contributed by atoms with E-state index in [2.05, 4.69) is 229 Å². The minimum atomic E-state index is 1.09. The van der Waals surface area contributed by atoms with Gasteiger partial charge in [-0.15, -0.1) is 0 Å². The van der Waals surface area contributed by atoms with Crippen molar-refractivity contribution in [3.05, 3.63) is 217 Å². The maximum atomic E-state index is 2.46. The average molecular weight is 825 g/mol. The zero-order valence-corrected chi connectivity index (χ0v) is 36.8. The van der Waals surface area contributed by atoms with E-state index in [1.54, 1.807) is 0 Å². The summed E-state index contributed by atoms with van der Waals surface area (Å²) in [5.41, 5.74) is 19.9. The number of hydrogen-bond acceptors (Lipinski definition) is 0. The highest BCUT2D eigenvalue weighted by atomic mass is 15.0. The van der Waals surface area contributed by atoms with E-state index in [0.29, 0.717) is 0 Å². The largest absolute Gasteiger partial charge is 0.309 e. The van der Waals surface area contributed by atoms with Gasteiger partial charge in [-0.2, -0.15) is 0 Å². The lowest BCUT2D eigenvalue weighted by Crippen LogP contribution is -1.96. The van der Waals surface area contributed by atoms with Crippen LogP contribution in [0.4, 0.5) is 0 Å². The molecule has 0 spiro atoms. The maximum absolute atomic E-state index is 2.46. The van der Waals surface area contributed by atoms with E-state index in [1.807, 2.05) is 0 Å². The number of fused-ring (bicyclic) bond motifs is 7. The van der Waals surface area contributed by atoms with Crippen LogP contribution in [0.15, 0.2) is 206 Å². The van der Waals surface area contributed by atoms with E-state index in [-0.39, 0.29) is 0 Å². The molecule has 2 nitrogen and oxygen atoms in total. The van der Waals surface area contributed by atoms with Crippen LogP contribution in [-0.4, -0.2) is 9.13 Å². The molecule has 310 valence electrons. The van der Waals surface area contributed by atoms with E-state index in [4.69, 9.17) is 0 Å². The van der Waals surface area contributed by atoms with Gasteiger partial charge in [0.2, 0.25) is 0 Å². The lowest BCUT2D eigenvalue weighted by molar-refractivity contribution is 0.795. The Kier molecular flexibility index (Phi) is 10.5. The Labute approximate surface area is 376 Å². The van der Waals surface area contributed by atoms with Crippen molar-refractivity contribution in [2.75, 3.05) is 0 Å². The smallest absolute Gasteiger partial charge is 0.0548 e. The Morgan fingerprint density at radius 1 is 0.312 bits per heavy atom. The number of rotatable bonds is 12. The van der Waals surface area contributed by atoms with Crippen molar-refractivity contribution in [2.24, 2.45) is 0 Å². The molecular weight excluding hydrogens is 773 g/mol. The highest BCUT2D eigenvalue weighted by molar-refractivity contribution is 6.29. The third kappa shape index (κ3) is 7.10. The first kappa shape index (κ1) is 39.4. The molecular formula is C62H52N2. The summed E-state index contributed by atoms with van der Waals surface area (Å²) in [5, 5.41) is 5.08. The monoisotopic (exact) mass is 824 g/mol. The minimum absolute atomic E-state index is 1.09. The van der Waals surface area contributed by atoms with Crippen LogP contribution in [0.1, 0.15) is 50.7 Å². The first-order valence-electron chi connectivity index (χ1n) is 23.2. The summed E-state index contributed by atoms with van der Waals surface area (Å²) in [6, 6.07) is 76.8. The first-order chi connectivity index (χ1) is 31.7. The summed E-state index contributed by atoms with van der Waals surface area (Å²) in [6.45, 7) is 4.52. The molecule has 0 saturated heterocycles. The van der Waals surface area contributed by atoms with Crippen molar-refractivity contribution < 1.29 is 0 Å². The number of aryl methyl sites for hydroxylation is 2. The van der Waals surface area contributed by atoms with Gasteiger partial charge >= 0.3 is 0 Å². The predicted molar refractivity (Wildman–Crippen MR) is 274 cm³/mol. The fourth-order valence-electron chi connectivity index (χ4n) is 10.0. The van der Waals surface area contributed by atoms with E-state index < -0.39 is 0 Å². The van der Waals surface area contributed by atoms with Gasteiger partial charge < -0.3 is 9.13 Å². The molecule has 0 unspecified atom stereocenters. The Morgan fingerprint density at radius 3 is 1.42 bits per heavy atom. The van der Waals surface area contributed by atoms with Gasteiger partial charge in [-0.25, -0.2) is 0 Å². The van der Waals surface area contributed by atoms with Crippen LogP contribution in [0.5, 0.6) is 0 Å². The summed E-state index contributed by atoms with van der Waals surface area (Å²) in [6.07, 6.45) is 7.08. The standard InChI is InChI=1S/C62H52N2/c1-3-5-15-43-25-28-45(29-26-43)46-30-32-47(33-31-46)50-19-14-20-52(42-50)64-58-24-13-11-22-55(58)62-60(64)40-39-59-61(62)54-21-10-12-23-57(54)63(59)51-36-34-49(35-37-51)56-41-44(16-6-4-2)27-38-53(56)48-17-8-7-9-18-48/h7-14,17-42H,3-6,15-16H2,1-2H3. The van der Waals surface area contributed by atoms with Gasteiger partial charge in [0.15, 0.2) is 0 Å². The molecule has 0 aliphatic rings. The van der Waals surface area contributed by atoms with Crippen molar-refractivity contribution in [1.29, 1.82) is 0 Å².